The first-order valence-electron chi connectivity index (χ1n) is 9.48. The maximum Gasteiger partial charge on any atom is 0.230 e. The van der Waals surface area contributed by atoms with Gasteiger partial charge in [0, 0.05) is 11.4 Å². The number of aryl methyl sites for hydroxylation is 2. The van der Waals surface area contributed by atoms with E-state index >= 15 is 0 Å². The Morgan fingerprint density at radius 2 is 1.75 bits per heavy atom. The van der Waals surface area contributed by atoms with E-state index < -0.39 is 0 Å². The molecule has 1 amide bonds. The zero-order chi connectivity index (χ0) is 20.3. The predicted molar refractivity (Wildman–Crippen MR) is 110 cm³/mol. The fraction of sp³-hybridized carbons (Fsp3) is 0.476. The van der Waals surface area contributed by atoms with E-state index in [2.05, 4.69) is 29.1 Å². The first kappa shape index (κ1) is 20.5. The number of thioether (sulfide) groups is 1. The molecule has 0 spiro atoms. The zero-order valence-corrected chi connectivity index (χ0v) is 17.9. The molecule has 28 heavy (non-hydrogen) atoms. The van der Waals surface area contributed by atoms with Gasteiger partial charge in [0.15, 0.2) is 16.7 Å². The van der Waals surface area contributed by atoms with Gasteiger partial charge in [-0.1, -0.05) is 31.7 Å². The Balaban J connectivity index is 1.66. The van der Waals surface area contributed by atoms with Crippen LogP contribution in [0.2, 0.25) is 0 Å². The number of aromatic nitrogens is 2. The highest BCUT2D eigenvalue weighted by Crippen LogP contribution is 2.34. The van der Waals surface area contributed by atoms with Gasteiger partial charge >= 0.3 is 0 Å². The number of hydrogen-bond acceptors (Lipinski definition) is 6. The molecule has 6 nitrogen and oxygen atoms in total. The van der Waals surface area contributed by atoms with Crippen molar-refractivity contribution in [1.29, 1.82) is 0 Å². The van der Waals surface area contributed by atoms with Gasteiger partial charge in [-0.25, -0.2) is 9.97 Å². The summed E-state index contributed by atoms with van der Waals surface area (Å²) in [5, 5.41) is 3.77. The van der Waals surface area contributed by atoms with Gasteiger partial charge in [-0.05, 0) is 49.9 Å². The standard InChI is InChI=1S/C21H27N3O3S/c1-12(2)20(16-6-7-17-18(10-16)27-9-8-26-17)24-19(25)11-28-21-22-14(4)13(3)15(5)23-21/h6-7,10,12,20H,8-9,11H2,1-5H3,(H,24,25)/t20-/m0/s1. The minimum absolute atomic E-state index is 0.0435. The number of amides is 1. The Labute approximate surface area is 170 Å². The molecule has 0 saturated carbocycles. The largest absolute Gasteiger partial charge is 0.486 e. The summed E-state index contributed by atoms with van der Waals surface area (Å²) < 4.78 is 11.3. The average Bonchev–Trinajstić information content (AvgIpc) is 2.68. The molecule has 1 aromatic carbocycles. The first-order chi connectivity index (χ1) is 13.3. The molecule has 0 aliphatic carbocycles. The molecule has 2 heterocycles. The van der Waals surface area contributed by atoms with Crippen molar-refractivity contribution >= 4 is 17.7 Å². The highest BCUT2D eigenvalue weighted by Gasteiger charge is 2.21. The smallest absolute Gasteiger partial charge is 0.230 e. The highest BCUT2D eigenvalue weighted by molar-refractivity contribution is 7.99. The minimum Gasteiger partial charge on any atom is -0.486 e. The normalized spacial score (nSPS) is 14.1. The molecule has 150 valence electrons. The Hall–Kier alpha value is -2.28. The number of carbonyl (C=O) groups excluding carboxylic acids is 1. The molecule has 0 fully saturated rings. The summed E-state index contributed by atoms with van der Waals surface area (Å²) in [6.45, 7) is 11.2. The molecule has 7 heteroatoms. The van der Waals surface area contributed by atoms with Crippen LogP contribution in [0.15, 0.2) is 23.4 Å². The van der Waals surface area contributed by atoms with E-state index in [4.69, 9.17) is 9.47 Å². The van der Waals surface area contributed by atoms with Crippen LogP contribution in [-0.2, 0) is 4.79 Å². The molecule has 0 unspecified atom stereocenters. The third-order valence-electron chi connectivity index (χ3n) is 4.85. The van der Waals surface area contributed by atoms with Gasteiger partial charge in [0.25, 0.3) is 0 Å². The zero-order valence-electron chi connectivity index (χ0n) is 17.0. The molecule has 1 aliphatic heterocycles. The van der Waals surface area contributed by atoms with Crippen LogP contribution >= 0.6 is 11.8 Å². The predicted octanol–water partition coefficient (Wildman–Crippen LogP) is 3.78. The molecule has 1 aromatic heterocycles. The maximum atomic E-state index is 12.6. The van der Waals surface area contributed by atoms with Gasteiger partial charge in [-0.3, -0.25) is 4.79 Å². The first-order valence-corrected chi connectivity index (χ1v) is 10.5. The summed E-state index contributed by atoms with van der Waals surface area (Å²) in [6, 6.07) is 5.75. The van der Waals surface area contributed by atoms with Gasteiger partial charge in [0.2, 0.25) is 5.91 Å². The fourth-order valence-corrected chi connectivity index (χ4v) is 3.79. The Bertz CT molecular complexity index is 847. The summed E-state index contributed by atoms with van der Waals surface area (Å²) in [4.78, 5) is 21.5. The number of rotatable bonds is 6. The lowest BCUT2D eigenvalue weighted by atomic mass is 9.95. The van der Waals surface area contributed by atoms with E-state index in [9.17, 15) is 4.79 Å². The second-order valence-electron chi connectivity index (χ2n) is 7.28. The molecule has 1 atom stereocenters. The van der Waals surface area contributed by atoms with E-state index in [1.807, 2.05) is 39.0 Å². The van der Waals surface area contributed by atoms with Gasteiger partial charge in [-0.2, -0.15) is 0 Å². The van der Waals surface area contributed by atoms with Gasteiger partial charge in [-0.15, -0.1) is 0 Å². The summed E-state index contributed by atoms with van der Waals surface area (Å²) >= 11 is 1.36. The fourth-order valence-electron chi connectivity index (χ4n) is 3.04. The lowest BCUT2D eigenvalue weighted by Crippen LogP contribution is -2.33. The van der Waals surface area contributed by atoms with Crippen LogP contribution < -0.4 is 14.8 Å². The highest BCUT2D eigenvalue weighted by atomic mass is 32.2. The second kappa shape index (κ2) is 8.82. The number of carbonyl (C=O) groups is 1. The van der Waals surface area contributed by atoms with Gasteiger partial charge < -0.3 is 14.8 Å². The molecule has 3 rings (SSSR count). The van der Waals surface area contributed by atoms with Crippen LogP contribution in [0.3, 0.4) is 0 Å². The van der Waals surface area contributed by atoms with Crippen molar-refractivity contribution in [2.75, 3.05) is 19.0 Å². The monoisotopic (exact) mass is 401 g/mol. The van der Waals surface area contributed by atoms with Crippen molar-refractivity contribution in [2.45, 2.75) is 45.8 Å². The maximum absolute atomic E-state index is 12.6. The van der Waals surface area contributed by atoms with E-state index in [0.29, 0.717) is 18.4 Å². The van der Waals surface area contributed by atoms with Crippen LogP contribution in [0.1, 0.15) is 42.4 Å². The van der Waals surface area contributed by atoms with Crippen molar-refractivity contribution in [1.82, 2.24) is 15.3 Å². The van der Waals surface area contributed by atoms with Crippen molar-refractivity contribution in [3.05, 3.63) is 40.7 Å². The van der Waals surface area contributed by atoms with Crippen LogP contribution in [-0.4, -0.2) is 34.8 Å². The molecule has 0 radical (unpaired) electrons. The lowest BCUT2D eigenvalue weighted by molar-refractivity contribution is -0.119. The molecular weight excluding hydrogens is 374 g/mol. The quantitative estimate of drug-likeness (QED) is 0.587. The number of nitrogens with one attached hydrogen (secondary N) is 1. The van der Waals surface area contributed by atoms with Crippen molar-refractivity contribution < 1.29 is 14.3 Å². The number of ether oxygens (including phenoxy) is 2. The molecular formula is C21H27N3O3S. The molecule has 1 N–H and O–H groups in total. The molecule has 0 saturated heterocycles. The van der Waals surface area contributed by atoms with E-state index in [-0.39, 0.29) is 23.6 Å². The Morgan fingerprint density at radius 1 is 1.11 bits per heavy atom. The van der Waals surface area contributed by atoms with Crippen LogP contribution in [0, 0.1) is 26.7 Å². The molecule has 1 aliphatic rings. The van der Waals surface area contributed by atoms with Crippen LogP contribution in [0.5, 0.6) is 11.5 Å². The topological polar surface area (TPSA) is 73.3 Å². The van der Waals surface area contributed by atoms with E-state index in [1.54, 1.807) is 0 Å². The SMILES string of the molecule is Cc1nc(SCC(=O)N[C@H](c2ccc3c(c2)OCCO3)C(C)C)nc(C)c1C. The average molecular weight is 402 g/mol. The third kappa shape index (κ3) is 4.76. The summed E-state index contributed by atoms with van der Waals surface area (Å²) in [5.41, 5.74) is 4.00. The third-order valence-corrected chi connectivity index (χ3v) is 5.70. The molecule has 0 bridgehead atoms. The van der Waals surface area contributed by atoms with Gasteiger partial charge in [0.05, 0.1) is 11.8 Å². The number of hydrogen-bond donors (Lipinski definition) is 1. The minimum atomic E-state index is -0.105. The van der Waals surface area contributed by atoms with Crippen molar-refractivity contribution in [3.63, 3.8) is 0 Å². The van der Waals surface area contributed by atoms with Crippen LogP contribution in [0.4, 0.5) is 0 Å². The lowest BCUT2D eigenvalue weighted by Gasteiger charge is -2.25. The molecule has 2 aromatic rings. The number of benzene rings is 1. The number of fused-ring (bicyclic) bond motifs is 1. The van der Waals surface area contributed by atoms with Crippen molar-refractivity contribution in [2.24, 2.45) is 5.92 Å². The second-order valence-corrected chi connectivity index (χ2v) is 8.23. The van der Waals surface area contributed by atoms with Crippen molar-refractivity contribution in [3.8, 4) is 11.5 Å². The van der Waals surface area contributed by atoms with E-state index in [1.165, 1.54) is 11.8 Å². The number of nitrogens with zero attached hydrogens (tertiary/aromatic N) is 2. The van der Waals surface area contributed by atoms with E-state index in [0.717, 1.165) is 34.0 Å². The Morgan fingerprint density at radius 3 is 2.39 bits per heavy atom. The summed E-state index contributed by atoms with van der Waals surface area (Å²) in [5.74, 6) is 1.95. The summed E-state index contributed by atoms with van der Waals surface area (Å²) in [6.07, 6.45) is 0. The van der Waals surface area contributed by atoms with Crippen LogP contribution in [0.25, 0.3) is 0 Å². The Kier molecular flexibility index (Phi) is 6.44. The summed E-state index contributed by atoms with van der Waals surface area (Å²) in [7, 11) is 0. The van der Waals surface area contributed by atoms with Gasteiger partial charge in [0.1, 0.15) is 13.2 Å².